The third-order valence-electron chi connectivity index (χ3n) is 3.86. The van der Waals surface area contributed by atoms with Crippen LogP contribution in [0.5, 0.6) is 5.75 Å². The minimum Gasteiger partial charge on any atom is -0.487 e. The number of halogens is 2. The van der Waals surface area contributed by atoms with Crippen LogP contribution in [0.25, 0.3) is 6.08 Å². The standard InChI is InChI=1S/C19H12Br2N2O5S/c20-13-6-10(5-12-16(24)22-19(29)23-17(12)25)7-14(21)15(13)28-8-9-1-3-11(4-2-9)18(26)27/h1-7H,8H2,(H,26,27)(H2,22,23,24,25,29). The van der Waals surface area contributed by atoms with Crippen molar-refractivity contribution in [3.8, 4) is 5.75 Å². The molecule has 29 heavy (non-hydrogen) atoms. The van der Waals surface area contributed by atoms with E-state index in [0.29, 0.717) is 20.3 Å². The molecule has 0 aliphatic carbocycles. The lowest BCUT2D eigenvalue weighted by Crippen LogP contribution is -2.51. The molecule has 2 aromatic carbocycles. The Morgan fingerprint density at radius 2 is 1.62 bits per heavy atom. The summed E-state index contributed by atoms with van der Waals surface area (Å²) < 4.78 is 7.03. The Morgan fingerprint density at radius 1 is 1.07 bits per heavy atom. The third-order valence-corrected chi connectivity index (χ3v) is 5.24. The Labute approximate surface area is 187 Å². The lowest BCUT2D eigenvalue weighted by Gasteiger charge is -2.16. The van der Waals surface area contributed by atoms with Crippen LogP contribution in [0.15, 0.2) is 50.9 Å². The number of carbonyl (C=O) groups is 3. The molecule has 1 aliphatic heterocycles. The van der Waals surface area contributed by atoms with Crippen molar-refractivity contribution in [3.05, 3.63) is 67.6 Å². The van der Waals surface area contributed by atoms with Crippen LogP contribution in [-0.4, -0.2) is 28.0 Å². The van der Waals surface area contributed by atoms with E-state index in [1.807, 2.05) is 0 Å². The number of carbonyl (C=O) groups excluding carboxylic acids is 2. The predicted molar refractivity (Wildman–Crippen MR) is 116 cm³/mol. The Balaban J connectivity index is 1.78. The second-order valence-electron chi connectivity index (χ2n) is 5.90. The first-order valence-electron chi connectivity index (χ1n) is 8.07. The fourth-order valence-corrected chi connectivity index (χ4v) is 4.11. The van der Waals surface area contributed by atoms with E-state index in [2.05, 4.69) is 42.5 Å². The van der Waals surface area contributed by atoms with Gasteiger partial charge in [0.25, 0.3) is 11.8 Å². The maximum Gasteiger partial charge on any atom is 0.335 e. The summed E-state index contributed by atoms with van der Waals surface area (Å²) in [6.07, 6.45) is 1.44. The van der Waals surface area contributed by atoms with E-state index in [0.717, 1.165) is 5.56 Å². The van der Waals surface area contributed by atoms with Gasteiger partial charge in [-0.25, -0.2) is 4.79 Å². The lowest BCUT2D eigenvalue weighted by molar-refractivity contribution is -0.123. The van der Waals surface area contributed by atoms with Crippen molar-refractivity contribution in [2.24, 2.45) is 0 Å². The van der Waals surface area contributed by atoms with Crippen LogP contribution < -0.4 is 15.4 Å². The molecule has 1 fully saturated rings. The molecule has 148 valence electrons. The van der Waals surface area contributed by atoms with Crippen LogP contribution in [0, 0.1) is 0 Å². The number of thiocarbonyl (C=S) groups is 1. The van der Waals surface area contributed by atoms with Crippen LogP contribution in [0.4, 0.5) is 0 Å². The molecule has 0 saturated carbocycles. The number of carboxylic acids is 1. The van der Waals surface area contributed by atoms with E-state index in [4.69, 9.17) is 22.1 Å². The van der Waals surface area contributed by atoms with Gasteiger partial charge in [-0.1, -0.05) is 12.1 Å². The smallest absolute Gasteiger partial charge is 0.335 e. The summed E-state index contributed by atoms with van der Waals surface area (Å²) in [7, 11) is 0. The maximum atomic E-state index is 12.0. The monoisotopic (exact) mass is 538 g/mol. The van der Waals surface area contributed by atoms with Gasteiger partial charge in [-0.05, 0) is 85.5 Å². The van der Waals surface area contributed by atoms with Crippen molar-refractivity contribution in [1.82, 2.24) is 10.6 Å². The highest BCUT2D eigenvalue weighted by atomic mass is 79.9. The summed E-state index contributed by atoms with van der Waals surface area (Å²) in [6.45, 7) is 0.222. The maximum absolute atomic E-state index is 12.0. The molecule has 3 rings (SSSR count). The molecule has 1 saturated heterocycles. The molecule has 10 heteroatoms. The molecule has 0 radical (unpaired) electrons. The van der Waals surface area contributed by atoms with Gasteiger partial charge in [-0.15, -0.1) is 0 Å². The van der Waals surface area contributed by atoms with Crippen molar-refractivity contribution >= 4 is 73.0 Å². The number of rotatable bonds is 5. The Hall–Kier alpha value is -2.56. The fraction of sp³-hybridized carbons (Fsp3) is 0.0526. The highest BCUT2D eigenvalue weighted by Gasteiger charge is 2.25. The highest BCUT2D eigenvalue weighted by molar-refractivity contribution is 9.11. The van der Waals surface area contributed by atoms with E-state index < -0.39 is 17.8 Å². The average Bonchev–Trinajstić information content (AvgIpc) is 2.64. The van der Waals surface area contributed by atoms with Crippen LogP contribution >= 0.6 is 44.1 Å². The van der Waals surface area contributed by atoms with Gasteiger partial charge in [0.1, 0.15) is 17.9 Å². The minimum absolute atomic E-state index is 0.0281. The number of aromatic carboxylic acids is 1. The topological polar surface area (TPSA) is 105 Å². The summed E-state index contributed by atoms with van der Waals surface area (Å²) in [5.74, 6) is -1.62. The zero-order chi connectivity index (χ0) is 21.1. The highest BCUT2D eigenvalue weighted by Crippen LogP contribution is 2.36. The molecular formula is C19H12Br2N2O5S. The Bertz CT molecular complexity index is 1020. The van der Waals surface area contributed by atoms with Gasteiger partial charge in [0.15, 0.2) is 5.11 Å². The second-order valence-corrected chi connectivity index (χ2v) is 8.02. The molecule has 1 aliphatic rings. The molecule has 0 atom stereocenters. The first kappa shape index (κ1) is 21.2. The van der Waals surface area contributed by atoms with E-state index in [9.17, 15) is 14.4 Å². The van der Waals surface area contributed by atoms with Gasteiger partial charge in [0.05, 0.1) is 14.5 Å². The molecule has 3 N–H and O–H groups in total. The molecule has 0 aromatic heterocycles. The second kappa shape index (κ2) is 8.85. The first-order valence-corrected chi connectivity index (χ1v) is 10.1. The summed E-state index contributed by atoms with van der Waals surface area (Å²) in [5, 5.41) is 13.7. The third kappa shape index (κ3) is 5.08. The van der Waals surface area contributed by atoms with Crippen LogP contribution in [0.3, 0.4) is 0 Å². The molecule has 0 spiro atoms. The van der Waals surface area contributed by atoms with Gasteiger partial charge in [0.2, 0.25) is 0 Å². The van der Waals surface area contributed by atoms with Crippen LogP contribution in [-0.2, 0) is 16.2 Å². The zero-order valence-electron chi connectivity index (χ0n) is 14.5. The molecule has 2 aromatic rings. The van der Waals surface area contributed by atoms with Crippen LogP contribution in [0.1, 0.15) is 21.5 Å². The van der Waals surface area contributed by atoms with Crippen LogP contribution in [0.2, 0.25) is 0 Å². The van der Waals surface area contributed by atoms with Gasteiger partial charge in [0, 0.05) is 0 Å². The summed E-state index contributed by atoms with van der Waals surface area (Å²) in [4.78, 5) is 34.8. The number of benzene rings is 2. The predicted octanol–water partition coefficient (Wildman–Crippen LogP) is 3.40. The average molecular weight is 540 g/mol. The number of hydrogen-bond acceptors (Lipinski definition) is 5. The first-order chi connectivity index (χ1) is 13.7. The summed E-state index contributed by atoms with van der Waals surface area (Å²) in [5.41, 5.74) is 1.52. The van der Waals surface area contributed by atoms with E-state index in [-0.39, 0.29) is 22.9 Å². The van der Waals surface area contributed by atoms with E-state index in [1.165, 1.54) is 18.2 Å². The fourth-order valence-electron chi connectivity index (χ4n) is 2.47. The lowest BCUT2D eigenvalue weighted by atomic mass is 10.1. The molecular weight excluding hydrogens is 528 g/mol. The minimum atomic E-state index is -0.991. The molecule has 7 nitrogen and oxygen atoms in total. The van der Waals surface area contributed by atoms with E-state index in [1.54, 1.807) is 24.3 Å². The number of amides is 2. The van der Waals surface area contributed by atoms with Gasteiger partial charge in [-0.2, -0.15) is 0 Å². The van der Waals surface area contributed by atoms with Crippen molar-refractivity contribution < 1.29 is 24.2 Å². The van der Waals surface area contributed by atoms with Crippen molar-refractivity contribution in [1.29, 1.82) is 0 Å². The van der Waals surface area contributed by atoms with Gasteiger partial charge < -0.3 is 9.84 Å². The normalized spacial score (nSPS) is 13.6. The van der Waals surface area contributed by atoms with Crippen molar-refractivity contribution in [2.75, 3.05) is 0 Å². The molecule has 0 unspecified atom stereocenters. The zero-order valence-corrected chi connectivity index (χ0v) is 18.5. The van der Waals surface area contributed by atoms with Gasteiger partial charge in [-0.3, -0.25) is 20.2 Å². The quantitative estimate of drug-likeness (QED) is 0.305. The molecule has 1 heterocycles. The number of ether oxygens (including phenoxy) is 1. The van der Waals surface area contributed by atoms with E-state index >= 15 is 0 Å². The van der Waals surface area contributed by atoms with Crippen molar-refractivity contribution in [3.63, 3.8) is 0 Å². The largest absolute Gasteiger partial charge is 0.487 e. The number of carboxylic acid groups (broad SMARTS) is 1. The SMILES string of the molecule is O=C1NC(=S)NC(=O)C1=Cc1cc(Br)c(OCc2ccc(C(=O)O)cc2)c(Br)c1. The Kier molecular flexibility index (Phi) is 6.46. The van der Waals surface area contributed by atoms with Crippen molar-refractivity contribution in [2.45, 2.75) is 6.61 Å². The molecule has 0 bridgehead atoms. The van der Waals surface area contributed by atoms with Gasteiger partial charge >= 0.3 is 5.97 Å². The Morgan fingerprint density at radius 3 is 2.14 bits per heavy atom. The number of hydrogen-bond donors (Lipinski definition) is 3. The molecule has 2 amide bonds. The number of nitrogens with one attached hydrogen (secondary N) is 2. The summed E-state index contributed by atoms with van der Waals surface area (Å²) in [6, 6.07) is 9.77. The summed E-state index contributed by atoms with van der Waals surface area (Å²) >= 11 is 11.6.